The van der Waals surface area contributed by atoms with Crippen LogP contribution in [0.25, 0.3) is 0 Å². The molecule has 0 spiro atoms. The van der Waals surface area contributed by atoms with Crippen molar-refractivity contribution >= 4 is 27.3 Å². The van der Waals surface area contributed by atoms with E-state index in [0.29, 0.717) is 4.88 Å². The molecule has 21 heavy (non-hydrogen) atoms. The van der Waals surface area contributed by atoms with Crippen LogP contribution >= 0.6 is 11.3 Å². The van der Waals surface area contributed by atoms with E-state index in [0.717, 1.165) is 11.3 Å². The lowest BCUT2D eigenvalue weighted by Crippen LogP contribution is -2.33. The Balaban J connectivity index is 2.41. The normalized spacial score (nSPS) is 12.5. The first-order valence-electron chi connectivity index (χ1n) is 5.59. The van der Waals surface area contributed by atoms with Gasteiger partial charge in [-0.05, 0) is 23.6 Å². The Morgan fingerprint density at radius 3 is 2.76 bits per heavy atom. The predicted molar refractivity (Wildman–Crippen MR) is 74.0 cm³/mol. The zero-order valence-electron chi connectivity index (χ0n) is 10.4. The van der Waals surface area contributed by atoms with Gasteiger partial charge in [-0.3, -0.25) is 4.79 Å². The summed E-state index contributed by atoms with van der Waals surface area (Å²) in [7, 11) is -4.18. The Morgan fingerprint density at radius 1 is 1.43 bits per heavy atom. The van der Waals surface area contributed by atoms with Gasteiger partial charge < -0.3 is 5.11 Å². The molecule has 0 amide bonds. The maximum absolute atomic E-state index is 12.3. The van der Waals surface area contributed by atoms with Gasteiger partial charge in [-0.25, -0.2) is 13.4 Å². The Labute approximate surface area is 124 Å². The monoisotopic (exact) mass is 323 g/mol. The molecule has 1 atom stereocenters. The van der Waals surface area contributed by atoms with Gasteiger partial charge in [0.2, 0.25) is 10.0 Å². The highest BCUT2D eigenvalue weighted by Gasteiger charge is 2.29. The standard InChI is InChI=1S/C12H9N3O4S2/c13-7-8-10(4-1-5-14-8)21(18,19)15-11(12(16)17)9-3-2-6-20-9/h1-6,11,15H,(H,16,17). The summed E-state index contributed by atoms with van der Waals surface area (Å²) in [5.41, 5.74) is -0.291. The Kier molecular flexibility index (Phi) is 4.32. The second-order valence-corrected chi connectivity index (χ2v) is 6.53. The van der Waals surface area contributed by atoms with Gasteiger partial charge in [0.05, 0.1) is 0 Å². The third kappa shape index (κ3) is 3.25. The number of nitrogens with one attached hydrogen (secondary N) is 1. The summed E-state index contributed by atoms with van der Waals surface area (Å²) in [4.78, 5) is 14.9. The largest absolute Gasteiger partial charge is 0.480 e. The molecule has 2 N–H and O–H groups in total. The minimum Gasteiger partial charge on any atom is -0.480 e. The van der Waals surface area contributed by atoms with E-state index in [1.54, 1.807) is 17.5 Å². The summed E-state index contributed by atoms with van der Waals surface area (Å²) >= 11 is 1.12. The van der Waals surface area contributed by atoms with Gasteiger partial charge in [0.15, 0.2) is 11.7 Å². The van der Waals surface area contributed by atoms with Crippen molar-refractivity contribution in [3.8, 4) is 6.07 Å². The maximum Gasteiger partial charge on any atom is 0.327 e. The lowest BCUT2D eigenvalue weighted by Gasteiger charge is -2.13. The molecule has 0 aliphatic carbocycles. The number of rotatable bonds is 5. The quantitative estimate of drug-likeness (QED) is 0.850. The number of sulfonamides is 1. The number of hydrogen-bond donors (Lipinski definition) is 2. The summed E-state index contributed by atoms with van der Waals surface area (Å²) < 4.78 is 26.6. The van der Waals surface area contributed by atoms with E-state index in [9.17, 15) is 18.3 Å². The summed E-state index contributed by atoms with van der Waals surface area (Å²) in [5.74, 6) is -1.33. The molecule has 108 valence electrons. The number of thiophene rings is 1. The number of carboxylic acids is 1. The van der Waals surface area contributed by atoms with E-state index in [1.165, 1.54) is 24.4 Å². The number of nitrogens with zero attached hydrogens (tertiary/aromatic N) is 2. The fourth-order valence-corrected chi connectivity index (χ4v) is 3.71. The molecular formula is C12H9N3O4S2. The molecule has 0 aliphatic rings. The van der Waals surface area contributed by atoms with Gasteiger partial charge in [0.25, 0.3) is 0 Å². The topological polar surface area (TPSA) is 120 Å². The lowest BCUT2D eigenvalue weighted by atomic mass is 10.3. The van der Waals surface area contributed by atoms with Crippen LogP contribution in [0.4, 0.5) is 0 Å². The highest BCUT2D eigenvalue weighted by molar-refractivity contribution is 7.89. The van der Waals surface area contributed by atoms with Gasteiger partial charge in [-0.2, -0.15) is 9.98 Å². The van der Waals surface area contributed by atoms with E-state index < -0.39 is 22.0 Å². The fourth-order valence-electron chi connectivity index (χ4n) is 1.60. The van der Waals surface area contributed by atoms with Crippen LogP contribution in [-0.2, 0) is 14.8 Å². The van der Waals surface area contributed by atoms with E-state index in [-0.39, 0.29) is 10.6 Å². The SMILES string of the molecule is N#Cc1ncccc1S(=O)(=O)NC(C(=O)O)c1cccs1. The Morgan fingerprint density at radius 2 is 2.19 bits per heavy atom. The third-order valence-corrected chi connectivity index (χ3v) is 4.91. The minimum absolute atomic E-state index is 0.291. The molecular weight excluding hydrogens is 314 g/mol. The number of carbonyl (C=O) groups is 1. The number of nitriles is 1. The third-order valence-electron chi connectivity index (χ3n) is 2.51. The van der Waals surface area contributed by atoms with E-state index in [1.807, 2.05) is 0 Å². The van der Waals surface area contributed by atoms with E-state index in [4.69, 9.17) is 5.26 Å². The minimum atomic E-state index is -4.18. The molecule has 0 radical (unpaired) electrons. The number of aromatic nitrogens is 1. The first kappa shape index (κ1) is 15.1. The molecule has 2 aromatic rings. The molecule has 2 aromatic heterocycles. The predicted octanol–water partition coefficient (Wildman–Crippen LogP) is 1.12. The molecule has 0 saturated heterocycles. The molecule has 1 unspecified atom stereocenters. The van der Waals surface area contributed by atoms with Crippen LogP contribution < -0.4 is 4.72 Å². The summed E-state index contributed by atoms with van der Waals surface area (Å²) in [5, 5.41) is 19.7. The summed E-state index contributed by atoms with van der Waals surface area (Å²) in [6.45, 7) is 0. The molecule has 7 nitrogen and oxygen atoms in total. The van der Waals surface area contributed by atoms with Crippen LogP contribution in [0, 0.1) is 11.3 Å². The average molecular weight is 323 g/mol. The van der Waals surface area contributed by atoms with Crippen molar-refractivity contribution in [3.63, 3.8) is 0 Å². The first-order chi connectivity index (χ1) is 9.95. The van der Waals surface area contributed by atoms with Crippen LogP contribution in [0.1, 0.15) is 16.6 Å². The van der Waals surface area contributed by atoms with Crippen LogP contribution in [-0.4, -0.2) is 24.5 Å². The number of aliphatic carboxylic acids is 1. The number of carboxylic acid groups (broad SMARTS) is 1. The van der Waals surface area contributed by atoms with Crippen molar-refractivity contribution in [2.75, 3.05) is 0 Å². The second-order valence-electron chi connectivity index (χ2n) is 3.87. The number of pyridine rings is 1. The molecule has 0 aromatic carbocycles. The highest BCUT2D eigenvalue weighted by Crippen LogP contribution is 2.22. The fraction of sp³-hybridized carbons (Fsp3) is 0.0833. The van der Waals surface area contributed by atoms with Crippen molar-refractivity contribution in [1.82, 2.24) is 9.71 Å². The first-order valence-corrected chi connectivity index (χ1v) is 7.95. The lowest BCUT2D eigenvalue weighted by molar-refractivity contribution is -0.139. The van der Waals surface area contributed by atoms with Gasteiger partial charge >= 0.3 is 5.97 Å². The van der Waals surface area contributed by atoms with Gasteiger partial charge in [-0.15, -0.1) is 11.3 Å². The molecule has 2 heterocycles. The number of hydrogen-bond acceptors (Lipinski definition) is 6. The maximum atomic E-state index is 12.3. The second kappa shape index (κ2) is 6.01. The Bertz CT molecular complexity index is 794. The van der Waals surface area contributed by atoms with Crippen molar-refractivity contribution in [3.05, 3.63) is 46.4 Å². The van der Waals surface area contributed by atoms with Gasteiger partial charge in [-0.1, -0.05) is 6.07 Å². The van der Waals surface area contributed by atoms with Crippen molar-refractivity contribution < 1.29 is 18.3 Å². The smallest absolute Gasteiger partial charge is 0.327 e. The molecule has 2 rings (SSSR count). The van der Waals surface area contributed by atoms with Gasteiger partial charge in [0, 0.05) is 11.1 Å². The molecule has 0 aliphatic heterocycles. The highest BCUT2D eigenvalue weighted by atomic mass is 32.2. The zero-order valence-corrected chi connectivity index (χ0v) is 12.1. The molecule has 0 saturated carbocycles. The van der Waals surface area contributed by atoms with Gasteiger partial charge in [0.1, 0.15) is 11.0 Å². The molecule has 0 bridgehead atoms. The van der Waals surface area contributed by atoms with Crippen LogP contribution in [0.3, 0.4) is 0 Å². The van der Waals surface area contributed by atoms with Crippen LogP contribution in [0.2, 0.25) is 0 Å². The van der Waals surface area contributed by atoms with Crippen LogP contribution in [0.5, 0.6) is 0 Å². The Hall–Kier alpha value is -2.28. The molecule has 0 fully saturated rings. The summed E-state index contributed by atoms with van der Waals surface area (Å²) in [6.07, 6.45) is 1.28. The zero-order chi connectivity index (χ0) is 15.5. The average Bonchev–Trinajstić information content (AvgIpc) is 2.98. The van der Waals surface area contributed by atoms with Crippen molar-refractivity contribution in [2.45, 2.75) is 10.9 Å². The molecule has 9 heteroatoms. The van der Waals surface area contributed by atoms with Crippen LogP contribution in [0.15, 0.2) is 40.7 Å². The van der Waals surface area contributed by atoms with E-state index in [2.05, 4.69) is 9.71 Å². The summed E-state index contributed by atoms with van der Waals surface area (Å²) in [6, 6.07) is 5.94. The van der Waals surface area contributed by atoms with Crippen molar-refractivity contribution in [2.24, 2.45) is 0 Å². The van der Waals surface area contributed by atoms with Crippen molar-refractivity contribution in [1.29, 1.82) is 5.26 Å². The van der Waals surface area contributed by atoms with E-state index >= 15 is 0 Å².